The third kappa shape index (κ3) is 6.45. The minimum Gasteiger partial charge on any atom is -0.508 e. The van der Waals surface area contributed by atoms with Gasteiger partial charge in [0.1, 0.15) is 11.5 Å². The van der Waals surface area contributed by atoms with Crippen LogP contribution in [0.4, 0.5) is 5.69 Å². The van der Waals surface area contributed by atoms with Crippen LogP contribution in [0.15, 0.2) is 71.3 Å². The highest BCUT2D eigenvalue weighted by Crippen LogP contribution is 2.19. The van der Waals surface area contributed by atoms with Crippen LogP contribution in [0.25, 0.3) is 0 Å². The van der Waals surface area contributed by atoms with Crippen molar-refractivity contribution in [2.75, 3.05) is 18.4 Å². The van der Waals surface area contributed by atoms with Crippen molar-refractivity contribution in [3.05, 3.63) is 83.8 Å². The number of benzene rings is 2. The molecule has 0 unspecified atom stereocenters. The zero-order valence-corrected chi connectivity index (χ0v) is 17.5. The van der Waals surface area contributed by atoms with Gasteiger partial charge in [0.2, 0.25) is 5.91 Å². The summed E-state index contributed by atoms with van der Waals surface area (Å²) in [4.78, 5) is 27.3. The van der Waals surface area contributed by atoms with Crippen molar-refractivity contribution in [1.29, 1.82) is 0 Å². The smallest absolute Gasteiger partial charge is 0.253 e. The predicted octanol–water partition coefficient (Wildman–Crippen LogP) is 3.77. The summed E-state index contributed by atoms with van der Waals surface area (Å²) in [7, 11) is 0. The van der Waals surface area contributed by atoms with Gasteiger partial charge >= 0.3 is 0 Å². The summed E-state index contributed by atoms with van der Waals surface area (Å²) in [5, 5.41) is 15.7. The van der Waals surface area contributed by atoms with Crippen LogP contribution in [0.5, 0.6) is 5.75 Å². The van der Waals surface area contributed by atoms with Crippen molar-refractivity contribution < 1.29 is 19.1 Å². The van der Waals surface area contributed by atoms with E-state index < -0.39 is 0 Å². The first kappa shape index (κ1) is 22.1. The topological polar surface area (TPSA) is 94.8 Å². The molecule has 0 aliphatic heterocycles. The lowest BCUT2D eigenvalue weighted by Crippen LogP contribution is -2.34. The van der Waals surface area contributed by atoms with Gasteiger partial charge in [-0.1, -0.05) is 37.3 Å². The molecule has 2 amide bonds. The monoisotopic (exact) mass is 421 g/mol. The van der Waals surface area contributed by atoms with E-state index in [1.165, 1.54) is 0 Å². The van der Waals surface area contributed by atoms with Gasteiger partial charge in [0.15, 0.2) is 0 Å². The van der Waals surface area contributed by atoms with E-state index in [9.17, 15) is 14.7 Å². The van der Waals surface area contributed by atoms with Gasteiger partial charge in [-0.05, 0) is 43.3 Å². The molecule has 0 spiro atoms. The van der Waals surface area contributed by atoms with Crippen molar-refractivity contribution in [3.63, 3.8) is 0 Å². The number of hydrogen-bond acceptors (Lipinski definition) is 5. The molecule has 3 N–H and O–H groups in total. The van der Waals surface area contributed by atoms with Gasteiger partial charge in [0.25, 0.3) is 5.91 Å². The number of nitrogens with one attached hydrogen (secondary N) is 2. The average molecular weight is 421 g/mol. The summed E-state index contributed by atoms with van der Waals surface area (Å²) in [6.45, 7) is 3.60. The summed E-state index contributed by atoms with van der Waals surface area (Å²) in [6, 6.07) is 17.5. The highest BCUT2D eigenvalue weighted by atomic mass is 16.3. The second-order valence-electron chi connectivity index (χ2n) is 7.20. The number of rotatable bonds is 10. The normalized spacial score (nSPS) is 10.8. The number of phenolic OH excluding ortho intramolecular Hbond substituents is 1. The number of furan rings is 1. The molecule has 3 aromatic rings. The van der Waals surface area contributed by atoms with Crippen molar-refractivity contribution >= 4 is 17.5 Å². The van der Waals surface area contributed by atoms with Crippen molar-refractivity contribution in [2.45, 2.75) is 26.4 Å². The van der Waals surface area contributed by atoms with Gasteiger partial charge in [-0.3, -0.25) is 14.5 Å². The Morgan fingerprint density at radius 1 is 1.03 bits per heavy atom. The number of amides is 2. The minimum absolute atomic E-state index is 0.143. The molecular formula is C24H27N3O4. The van der Waals surface area contributed by atoms with Crippen LogP contribution in [0.3, 0.4) is 0 Å². The third-order valence-electron chi connectivity index (χ3n) is 4.74. The summed E-state index contributed by atoms with van der Waals surface area (Å²) >= 11 is 0. The van der Waals surface area contributed by atoms with Crippen molar-refractivity contribution in [2.24, 2.45) is 0 Å². The Morgan fingerprint density at radius 3 is 2.55 bits per heavy atom. The molecule has 0 bridgehead atoms. The van der Waals surface area contributed by atoms with Crippen LogP contribution >= 0.6 is 0 Å². The van der Waals surface area contributed by atoms with Gasteiger partial charge in [0, 0.05) is 12.1 Å². The second-order valence-corrected chi connectivity index (χ2v) is 7.20. The number of para-hydroxylation sites is 2. The number of carbonyl (C=O) groups excluding carboxylic acids is 2. The molecule has 0 aliphatic rings. The lowest BCUT2D eigenvalue weighted by Gasteiger charge is -2.22. The Balaban J connectivity index is 1.63. The molecule has 162 valence electrons. The second kappa shape index (κ2) is 11.0. The van der Waals surface area contributed by atoms with E-state index in [0.717, 1.165) is 12.0 Å². The Hall–Kier alpha value is -3.58. The lowest BCUT2D eigenvalue weighted by molar-refractivity contribution is -0.117. The first-order valence-corrected chi connectivity index (χ1v) is 10.3. The average Bonchev–Trinajstić information content (AvgIpc) is 3.28. The molecule has 7 nitrogen and oxygen atoms in total. The zero-order chi connectivity index (χ0) is 22.1. The van der Waals surface area contributed by atoms with Gasteiger partial charge < -0.3 is 20.2 Å². The number of phenols is 1. The van der Waals surface area contributed by atoms with E-state index in [4.69, 9.17) is 4.42 Å². The predicted molar refractivity (Wildman–Crippen MR) is 119 cm³/mol. The molecule has 0 aliphatic carbocycles. The number of hydrogen-bond donors (Lipinski definition) is 3. The molecule has 7 heteroatoms. The van der Waals surface area contributed by atoms with Gasteiger partial charge in [-0.25, -0.2) is 0 Å². The highest BCUT2D eigenvalue weighted by molar-refractivity contribution is 6.04. The third-order valence-corrected chi connectivity index (χ3v) is 4.74. The summed E-state index contributed by atoms with van der Waals surface area (Å²) in [6.07, 6.45) is 2.42. The van der Waals surface area contributed by atoms with E-state index in [1.54, 1.807) is 54.8 Å². The first-order chi connectivity index (χ1) is 15.1. The van der Waals surface area contributed by atoms with Crippen LogP contribution in [0.2, 0.25) is 0 Å². The molecule has 0 atom stereocenters. The van der Waals surface area contributed by atoms with E-state index in [2.05, 4.69) is 10.6 Å². The van der Waals surface area contributed by atoms with Crippen LogP contribution < -0.4 is 10.6 Å². The maximum absolute atomic E-state index is 12.7. The molecule has 1 heterocycles. The Bertz CT molecular complexity index is 1000. The molecule has 0 fully saturated rings. The minimum atomic E-state index is -0.299. The standard InChI is InChI=1S/C24H27N3O4/c1-2-13-27(16-18-8-3-6-12-22(18)28)17-23(29)26-21-11-5-4-10-20(21)24(30)25-15-19-9-7-14-31-19/h3-12,14,28H,2,13,15-17H2,1H3,(H,25,30)(H,26,29). The van der Waals surface area contributed by atoms with Crippen LogP contribution in [-0.4, -0.2) is 34.9 Å². The molecule has 3 rings (SSSR count). The maximum Gasteiger partial charge on any atom is 0.253 e. The van der Waals surface area contributed by atoms with Crippen LogP contribution in [-0.2, 0) is 17.9 Å². The largest absolute Gasteiger partial charge is 0.508 e. The fourth-order valence-corrected chi connectivity index (χ4v) is 3.27. The molecule has 0 saturated heterocycles. The van der Waals surface area contributed by atoms with Gasteiger partial charge in [-0.2, -0.15) is 0 Å². The van der Waals surface area contributed by atoms with E-state index >= 15 is 0 Å². The first-order valence-electron chi connectivity index (χ1n) is 10.3. The van der Waals surface area contributed by atoms with Crippen LogP contribution in [0.1, 0.15) is 35.0 Å². The SMILES string of the molecule is CCCN(CC(=O)Nc1ccccc1C(=O)NCc1ccco1)Cc1ccccc1O. The Kier molecular flexibility index (Phi) is 7.84. The molecule has 0 saturated carbocycles. The number of nitrogens with zero attached hydrogens (tertiary/aromatic N) is 1. The summed E-state index contributed by atoms with van der Waals surface area (Å²) < 4.78 is 5.23. The fourth-order valence-electron chi connectivity index (χ4n) is 3.27. The number of aromatic hydroxyl groups is 1. The number of anilines is 1. The zero-order valence-electron chi connectivity index (χ0n) is 17.5. The molecule has 1 aromatic heterocycles. The highest BCUT2D eigenvalue weighted by Gasteiger charge is 2.16. The molecule has 0 radical (unpaired) electrons. The Labute approximate surface area is 181 Å². The van der Waals surface area contributed by atoms with Gasteiger partial charge in [-0.15, -0.1) is 0 Å². The lowest BCUT2D eigenvalue weighted by atomic mass is 10.1. The molecular weight excluding hydrogens is 394 g/mol. The van der Waals surface area contributed by atoms with Crippen molar-refractivity contribution in [3.8, 4) is 5.75 Å². The number of carbonyl (C=O) groups is 2. The quantitative estimate of drug-likeness (QED) is 0.463. The van der Waals surface area contributed by atoms with E-state index in [1.807, 2.05) is 24.0 Å². The summed E-state index contributed by atoms with van der Waals surface area (Å²) in [5.41, 5.74) is 1.59. The van der Waals surface area contributed by atoms with E-state index in [0.29, 0.717) is 30.1 Å². The molecule has 2 aromatic carbocycles. The van der Waals surface area contributed by atoms with Crippen molar-refractivity contribution in [1.82, 2.24) is 10.2 Å². The van der Waals surface area contributed by atoms with Crippen LogP contribution in [0, 0.1) is 0 Å². The van der Waals surface area contributed by atoms with Gasteiger partial charge in [0.05, 0.1) is 30.6 Å². The van der Waals surface area contributed by atoms with E-state index in [-0.39, 0.29) is 30.7 Å². The maximum atomic E-state index is 12.7. The summed E-state index contributed by atoms with van der Waals surface area (Å²) in [5.74, 6) is 0.332. The fraction of sp³-hybridized carbons (Fsp3) is 0.250. The molecule has 31 heavy (non-hydrogen) atoms. The Morgan fingerprint density at radius 2 is 1.81 bits per heavy atom.